The largest absolute Gasteiger partial charge is 0.368 e. The van der Waals surface area contributed by atoms with Crippen LogP contribution in [-0.2, 0) is 4.79 Å². The van der Waals surface area contributed by atoms with E-state index in [0.29, 0.717) is 0 Å². The third kappa shape index (κ3) is 0.857. The summed E-state index contributed by atoms with van der Waals surface area (Å²) in [6, 6.07) is -0.227. The number of primary amides is 1. The predicted molar refractivity (Wildman–Crippen MR) is 30.7 cm³/mol. The molecule has 44 valence electrons. The molecule has 2 N–H and O–H groups in total. The van der Waals surface area contributed by atoms with Crippen LogP contribution < -0.4 is 5.73 Å². The van der Waals surface area contributed by atoms with E-state index in [2.05, 4.69) is 4.99 Å². The fourth-order valence-electron chi connectivity index (χ4n) is 0.724. The van der Waals surface area contributed by atoms with Gasteiger partial charge < -0.3 is 5.73 Å². The summed E-state index contributed by atoms with van der Waals surface area (Å²) in [5.41, 5.74) is 4.95. The van der Waals surface area contributed by atoms with E-state index in [-0.39, 0.29) is 11.9 Å². The summed E-state index contributed by atoms with van der Waals surface area (Å²) in [6.45, 7) is 0. The van der Waals surface area contributed by atoms with E-state index in [4.69, 9.17) is 5.73 Å². The third-order valence-electron chi connectivity index (χ3n) is 1.18. The highest BCUT2D eigenvalue weighted by Crippen LogP contribution is 2.05. The Balaban J connectivity index is 2.48. The van der Waals surface area contributed by atoms with Gasteiger partial charge in [-0.3, -0.25) is 9.79 Å². The number of hydrogen-bond acceptors (Lipinski definition) is 2. The minimum atomic E-state index is -0.307. The van der Waals surface area contributed by atoms with Crippen LogP contribution in [0.4, 0.5) is 0 Å². The zero-order chi connectivity index (χ0) is 5.98. The molecular formula is C5H8N2O. The molecule has 1 aliphatic heterocycles. The second kappa shape index (κ2) is 1.94. The molecule has 3 nitrogen and oxygen atoms in total. The summed E-state index contributed by atoms with van der Waals surface area (Å²) < 4.78 is 0. The molecule has 0 spiro atoms. The van der Waals surface area contributed by atoms with Crippen molar-refractivity contribution in [1.29, 1.82) is 0 Å². The molecular weight excluding hydrogens is 104 g/mol. The molecule has 1 aliphatic rings. The highest BCUT2D eigenvalue weighted by molar-refractivity contribution is 5.83. The van der Waals surface area contributed by atoms with E-state index in [1.54, 1.807) is 6.21 Å². The van der Waals surface area contributed by atoms with Gasteiger partial charge in [0, 0.05) is 0 Å². The SMILES string of the molecule is NC(=O)C1CCC=N1. The fourth-order valence-corrected chi connectivity index (χ4v) is 0.724. The van der Waals surface area contributed by atoms with Gasteiger partial charge in [0.05, 0.1) is 0 Å². The van der Waals surface area contributed by atoms with Gasteiger partial charge in [-0.1, -0.05) is 0 Å². The minimum absolute atomic E-state index is 0.227. The molecule has 1 atom stereocenters. The van der Waals surface area contributed by atoms with Crippen molar-refractivity contribution in [2.75, 3.05) is 0 Å². The van der Waals surface area contributed by atoms with E-state index in [1.807, 2.05) is 0 Å². The molecule has 1 amide bonds. The molecule has 1 rings (SSSR count). The van der Waals surface area contributed by atoms with Crippen molar-refractivity contribution in [3.8, 4) is 0 Å². The van der Waals surface area contributed by atoms with Crippen molar-refractivity contribution in [1.82, 2.24) is 0 Å². The molecule has 0 aromatic rings. The Morgan fingerprint density at radius 2 is 2.62 bits per heavy atom. The Labute approximate surface area is 47.6 Å². The predicted octanol–water partition coefficient (Wildman–Crippen LogP) is -0.295. The molecule has 0 bridgehead atoms. The first-order chi connectivity index (χ1) is 3.80. The monoisotopic (exact) mass is 112 g/mol. The highest BCUT2D eigenvalue weighted by Gasteiger charge is 2.14. The van der Waals surface area contributed by atoms with Crippen LogP contribution in [0, 0.1) is 0 Å². The van der Waals surface area contributed by atoms with Gasteiger partial charge in [0.25, 0.3) is 0 Å². The summed E-state index contributed by atoms with van der Waals surface area (Å²) >= 11 is 0. The van der Waals surface area contributed by atoms with Gasteiger partial charge in [-0.2, -0.15) is 0 Å². The van der Waals surface area contributed by atoms with Gasteiger partial charge in [-0.15, -0.1) is 0 Å². The lowest BCUT2D eigenvalue weighted by Crippen LogP contribution is -2.24. The molecule has 0 saturated carbocycles. The maximum Gasteiger partial charge on any atom is 0.242 e. The number of nitrogens with zero attached hydrogens (tertiary/aromatic N) is 1. The summed E-state index contributed by atoms with van der Waals surface area (Å²) in [6.07, 6.45) is 3.44. The van der Waals surface area contributed by atoms with E-state index in [9.17, 15) is 4.79 Å². The zero-order valence-electron chi connectivity index (χ0n) is 4.50. The van der Waals surface area contributed by atoms with Crippen molar-refractivity contribution in [3.05, 3.63) is 0 Å². The lowest BCUT2D eigenvalue weighted by molar-refractivity contribution is -0.119. The minimum Gasteiger partial charge on any atom is -0.368 e. The Morgan fingerprint density at radius 1 is 1.88 bits per heavy atom. The van der Waals surface area contributed by atoms with Gasteiger partial charge in [0.2, 0.25) is 5.91 Å². The number of nitrogens with two attached hydrogens (primary N) is 1. The number of hydrogen-bond donors (Lipinski definition) is 1. The highest BCUT2D eigenvalue weighted by atomic mass is 16.1. The Bertz CT molecular complexity index is 130. The van der Waals surface area contributed by atoms with Crippen molar-refractivity contribution < 1.29 is 4.79 Å². The normalized spacial score (nSPS) is 26.2. The Kier molecular flexibility index (Phi) is 1.28. The number of carbonyl (C=O) groups is 1. The maximum atomic E-state index is 10.3. The van der Waals surface area contributed by atoms with Crippen LogP contribution in [-0.4, -0.2) is 18.2 Å². The fraction of sp³-hybridized carbons (Fsp3) is 0.600. The summed E-state index contributed by atoms with van der Waals surface area (Å²) in [7, 11) is 0. The molecule has 1 unspecified atom stereocenters. The molecule has 1 heterocycles. The second-order valence-corrected chi connectivity index (χ2v) is 1.83. The standard InChI is InChI=1S/C5H8N2O/c6-5(8)4-2-1-3-7-4/h3-4H,1-2H2,(H2,6,8). The van der Waals surface area contributed by atoms with E-state index in [1.165, 1.54) is 0 Å². The van der Waals surface area contributed by atoms with Crippen LogP contribution in [0.3, 0.4) is 0 Å². The van der Waals surface area contributed by atoms with E-state index in [0.717, 1.165) is 12.8 Å². The number of carbonyl (C=O) groups excluding carboxylic acids is 1. The summed E-state index contributed by atoms with van der Waals surface area (Å²) in [4.78, 5) is 14.1. The topological polar surface area (TPSA) is 55.5 Å². The first kappa shape index (κ1) is 5.28. The molecule has 0 aliphatic carbocycles. The second-order valence-electron chi connectivity index (χ2n) is 1.83. The lowest BCUT2D eigenvalue weighted by atomic mass is 10.2. The van der Waals surface area contributed by atoms with Gasteiger partial charge in [0.15, 0.2) is 0 Å². The van der Waals surface area contributed by atoms with Crippen LogP contribution >= 0.6 is 0 Å². The first-order valence-corrected chi connectivity index (χ1v) is 2.61. The van der Waals surface area contributed by atoms with Crippen molar-refractivity contribution in [2.45, 2.75) is 18.9 Å². The van der Waals surface area contributed by atoms with Gasteiger partial charge >= 0.3 is 0 Å². The Morgan fingerprint density at radius 3 is 2.88 bits per heavy atom. The van der Waals surface area contributed by atoms with Crippen molar-refractivity contribution in [2.24, 2.45) is 10.7 Å². The summed E-state index contributed by atoms with van der Waals surface area (Å²) in [5, 5.41) is 0. The molecule has 0 aromatic carbocycles. The van der Waals surface area contributed by atoms with Crippen molar-refractivity contribution in [3.63, 3.8) is 0 Å². The van der Waals surface area contributed by atoms with Crippen LogP contribution in [0.2, 0.25) is 0 Å². The molecule has 0 radical (unpaired) electrons. The lowest BCUT2D eigenvalue weighted by Gasteiger charge is -1.96. The van der Waals surface area contributed by atoms with E-state index < -0.39 is 0 Å². The van der Waals surface area contributed by atoms with E-state index >= 15 is 0 Å². The zero-order valence-corrected chi connectivity index (χ0v) is 4.50. The van der Waals surface area contributed by atoms with Crippen LogP contribution in [0.5, 0.6) is 0 Å². The molecule has 0 aromatic heterocycles. The summed E-state index contributed by atoms with van der Waals surface area (Å²) in [5.74, 6) is -0.307. The molecule has 0 fully saturated rings. The van der Waals surface area contributed by atoms with Gasteiger partial charge in [0.1, 0.15) is 6.04 Å². The number of rotatable bonds is 1. The average molecular weight is 112 g/mol. The number of aliphatic imine (C=N–C) groups is 1. The maximum absolute atomic E-state index is 10.3. The van der Waals surface area contributed by atoms with Crippen LogP contribution in [0.25, 0.3) is 0 Å². The smallest absolute Gasteiger partial charge is 0.242 e. The third-order valence-corrected chi connectivity index (χ3v) is 1.18. The quantitative estimate of drug-likeness (QED) is 0.497. The number of amides is 1. The van der Waals surface area contributed by atoms with Crippen LogP contribution in [0.15, 0.2) is 4.99 Å². The van der Waals surface area contributed by atoms with Gasteiger partial charge in [-0.05, 0) is 19.1 Å². The van der Waals surface area contributed by atoms with Crippen LogP contribution in [0.1, 0.15) is 12.8 Å². The first-order valence-electron chi connectivity index (χ1n) is 2.61. The molecule has 3 heteroatoms. The van der Waals surface area contributed by atoms with Gasteiger partial charge in [-0.25, -0.2) is 0 Å². The molecule has 0 saturated heterocycles. The molecule has 8 heavy (non-hydrogen) atoms. The Hall–Kier alpha value is -0.860. The van der Waals surface area contributed by atoms with Crippen molar-refractivity contribution >= 4 is 12.1 Å². The average Bonchev–Trinajstić information content (AvgIpc) is 2.12.